The van der Waals surface area contributed by atoms with Crippen molar-refractivity contribution < 1.29 is 19.4 Å². The van der Waals surface area contributed by atoms with Crippen LogP contribution in [0, 0.1) is 0 Å². The van der Waals surface area contributed by atoms with Crippen LogP contribution in [0.15, 0.2) is 22.7 Å². The van der Waals surface area contributed by atoms with Crippen molar-refractivity contribution in [3.8, 4) is 0 Å². The third-order valence-corrected chi connectivity index (χ3v) is 3.91. The number of piperidine rings is 1. The number of halogens is 1. The molecule has 0 saturated carbocycles. The van der Waals surface area contributed by atoms with Crippen molar-refractivity contribution in [1.82, 2.24) is 4.90 Å². The molecule has 2 rings (SSSR count). The molecule has 5 nitrogen and oxygen atoms in total. The summed E-state index contributed by atoms with van der Waals surface area (Å²) in [7, 11) is 1.68. The second-order valence-corrected chi connectivity index (χ2v) is 5.68. The maximum atomic E-state index is 12.4. The fourth-order valence-electron chi connectivity index (χ4n) is 2.31. The van der Waals surface area contributed by atoms with Gasteiger partial charge >= 0.3 is 5.97 Å². The van der Waals surface area contributed by atoms with Gasteiger partial charge in [0.25, 0.3) is 5.91 Å². The number of nitrogens with zero attached hydrogens (tertiary/aromatic N) is 1. The van der Waals surface area contributed by atoms with Crippen molar-refractivity contribution in [3.05, 3.63) is 33.8 Å². The number of amides is 1. The molecule has 1 fully saturated rings. The van der Waals surface area contributed by atoms with Gasteiger partial charge in [0.2, 0.25) is 0 Å². The molecule has 1 amide bonds. The van der Waals surface area contributed by atoms with Crippen molar-refractivity contribution in [2.24, 2.45) is 0 Å². The third-order valence-electron chi connectivity index (χ3n) is 3.45. The number of carbonyl (C=O) groups is 2. The molecule has 1 saturated heterocycles. The van der Waals surface area contributed by atoms with Crippen LogP contribution in [0.2, 0.25) is 0 Å². The lowest BCUT2D eigenvalue weighted by atomic mass is 10.1. The van der Waals surface area contributed by atoms with Gasteiger partial charge in [0.05, 0.1) is 11.7 Å². The van der Waals surface area contributed by atoms with E-state index < -0.39 is 5.97 Å². The van der Waals surface area contributed by atoms with Crippen molar-refractivity contribution in [2.45, 2.75) is 18.9 Å². The van der Waals surface area contributed by atoms with Crippen LogP contribution in [0.4, 0.5) is 0 Å². The minimum atomic E-state index is -1.04. The van der Waals surface area contributed by atoms with Crippen LogP contribution in [-0.4, -0.2) is 48.2 Å². The van der Waals surface area contributed by atoms with Gasteiger partial charge in [0.15, 0.2) is 0 Å². The van der Waals surface area contributed by atoms with Crippen LogP contribution in [0.5, 0.6) is 0 Å². The predicted molar refractivity (Wildman–Crippen MR) is 77.0 cm³/mol. The number of aromatic carboxylic acids is 1. The van der Waals surface area contributed by atoms with E-state index in [1.807, 2.05) is 0 Å². The zero-order valence-electron chi connectivity index (χ0n) is 11.1. The molecule has 0 spiro atoms. The van der Waals surface area contributed by atoms with E-state index >= 15 is 0 Å². The Bertz CT molecular complexity index is 524. The summed E-state index contributed by atoms with van der Waals surface area (Å²) < 4.78 is 5.86. The van der Waals surface area contributed by atoms with Crippen LogP contribution in [-0.2, 0) is 4.74 Å². The number of rotatable bonds is 3. The Morgan fingerprint density at radius 1 is 1.25 bits per heavy atom. The average Bonchev–Trinajstić information content (AvgIpc) is 2.46. The number of carboxylic acid groups (broad SMARTS) is 1. The molecular formula is C14H16BrNO4. The number of benzene rings is 1. The monoisotopic (exact) mass is 341 g/mol. The number of ether oxygens (including phenoxy) is 1. The lowest BCUT2D eigenvalue weighted by Gasteiger charge is -2.31. The number of carboxylic acids is 1. The van der Waals surface area contributed by atoms with Gasteiger partial charge in [-0.1, -0.05) is 15.9 Å². The molecule has 1 aliphatic heterocycles. The fourth-order valence-corrected chi connectivity index (χ4v) is 2.81. The lowest BCUT2D eigenvalue weighted by Crippen LogP contribution is -2.40. The Kier molecular flexibility index (Phi) is 4.77. The van der Waals surface area contributed by atoms with Gasteiger partial charge in [-0.3, -0.25) is 4.79 Å². The molecule has 1 aromatic carbocycles. The van der Waals surface area contributed by atoms with E-state index in [0.717, 1.165) is 12.8 Å². The van der Waals surface area contributed by atoms with Crippen LogP contribution in [0.3, 0.4) is 0 Å². The molecule has 0 atom stereocenters. The van der Waals surface area contributed by atoms with Gasteiger partial charge in [0, 0.05) is 30.2 Å². The van der Waals surface area contributed by atoms with Gasteiger partial charge in [-0.25, -0.2) is 4.79 Å². The predicted octanol–water partition coefficient (Wildman–Crippen LogP) is 2.40. The van der Waals surface area contributed by atoms with Gasteiger partial charge in [-0.05, 0) is 31.0 Å². The van der Waals surface area contributed by atoms with Crippen LogP contribution in [0.25, 0.3) is 0 Å². The molecule has 0 bridgehead atoms. The lowest BCUT2D eigenvalue weighted by molar-refractivity contribution is 0.0350. The third kappa shape index (κ3) is 3.37. The number of hydrogen-bond donors (Lipinski definition) is 1. The van der Waals surface area contributed by atoms with Crippen molar-refractivity contribution in [2.75, 3.05) is 20.2 Å². The highest BCUT2D eigenvalue weighted by Gasteiger charge is 2.24. The van der Waals surface area contributed by atoms with Crippen LogP contribution >= 0.6 is 15.9 Å². The molecule has 108 valence electrons. The number of methoxy groups -OCH3 is 1. The van der Waals surface area contributed by atoms with Crippen LogP contribution < -0.4 is 0 Å². The first-order valence-electron chi connectivity index (χ1n) is 6.37. The molecule has 6 heteroatoms. The zero-order chi connectivity index (χ0) is 14.7. The largest absolute Gasteiger partial charge is 0.478 e. The molecule has 0 unspecified atom stereocenters. The van der Waals surface area contributed by atoms with E-state index in [0.29, 0.717) is 23.1 Å². The zero-order valence-corrected chi connectivity index (χ0v) is 12.7. The molecule has 0 radical (unpaired) electrons. The summed E-state index contributed by atoms with van der Waals surface area (Å²) in [5.41, 5.74) is 0.502. The van der Waals surface area contributed by atoms with E-state index in [9.17, 15) is 9.59 Å². The fraction of sp³-hybridized carbons (Fsp3) is 0.429. The Hall–Kier alpha value is -1.40. The van der Waals surface area contributed by atoms with Crippen LogP contribution in [0.1, 0.15) is 33.6 Å². The van der Waals surface area contributed by atoms with Crippen molar-refractivity contribution >= 4 is 27.8 Å². The van der Waals surface area contributed by atoms with E-state index in [2.05, 4.69) is 15.9 Å². The first kappa shape index (κ1) is 15.0. The number of hydrogen-bond acceptors (Lipinski definition) is 3. The number of carbonyl (C=O) groups excluding carboxylic acids is 1. The summed E-state index contributed by atoms with van der Waals surface area (Å²) >= 11 is 3.24. The van der Waals surface area contributed by atoms with Gasteiger partial charge < -0.3 is 14.7 Å². The molecular weight excluding hydrogens is 326 g/mol. The first-order valence-corrected chi connectivity index (χ1v) is 7.16. The molecule has 0 aromatic heterocycles. The summed E-state index contributed by atoms with van der Waals surface area (Å²) in [6.45, 7) is 1.26. The average molecular weight is 342 g/mol. The maximum Gasteiger partial charge on any atom is 0.335 e. The van der Waals surface area contributed by atoms with Crippen molar-refractivity contribution in [3.63, 3.8) is 0 Å². The summed E-state index contributed by atoms with van der Waals surface area (Å²) in [5, 5.41) is 9.03. The Morgan fingerprint density at radius 2 is 1.85 bits per heavy atom. The number of likely N-dealkylation sites (tertiary alicyclic amines) is 1. The summed E-state index contributed by atoms with van der Waals surface area (Å²) in [6.07, 6.45) is 1.82. The molecule has 1 N–H and O–H groups in total. The topological polar surface area (TPSA) is 66.8 Å². The van der Waals surface area contributed by atoms with E-state index in [1.54, 1.807) is 18.1 Å². The Labute approximate surface area is 125 Å². The summed E-state index contributed by atoms with van der Waals surface area (Å²) in [6, 6.07) is 4.55. The highest BCUT2D eigenvalue weighted by Crippen LogP contribution is 2.20. The quantitative estimate of drug-likeness (QED) is 0.916. The van der Waals surface area contributed by atoms with Crippen molar-refractivity contribution in [1.29, 1.82) is 0 Å². The minimum absolute atomic E-state index is 0.106. The van der Waals surface area contributed by atoms with E-state index in [1.165, 1.54) is 12.1 Å². The highest BCUT2D eigenvalue weighted by atomic mass is 79.9. The highest BCUT2D eigenvalue weighted by molar-refractivity contribution is 9.10. The minimum Gasteiger partial charge on any atom is -0.478 e. The van der Waals surface area contributed by atoms with Gasteiger partial charge in [0.1, 0.15) is 0 Å². The molecule has 1 aromatic rings. The maximum absolute atomic E-state index is 12.4. The Balaban J connectivity index is 2.15. The standard InChI is InChI=1S/C14H16BrNO4/c1-20-12-2-4-16(5-3-12)13(17)9-6-10(14(18)19)8-11(15)7-9/h6-8,12H,2-5H2,1H3,(H,18,19). The molecule has 1 aliphatic rings. The second-order valence-electron chi connectivity index (χ2n) is 4.76. The van der Waals surface area contributed by atoms with Gasteiger partial charge in [-0.2, -0.15) is 0 Å². The normalized spacial score (nSPS) is 16.2. The molecule has 1 heterocycles. The molecule has 20 heavy (non-hydrogen) atoms. The summed E-state index contributed by atoms with van der Waals surface area (Å²) in [4.78, 5) is 25.2. The van der Waals surface area contributed by atoms with E-state index in [-0.39, 0.29) is 17.6 Å². The summed E-state index contributed by atoms with van der Waals surface area (Å²) in [5.74, 6) is -1.18. The molecule has 0 aliphatic carbocycles. The SMILES string of the molecule is COC1CCN(C(=O)c2cc(Br)cc(C(=O)O)c2)CC1. The Morgan fingerprint density at radius 3 is 2.40 bits per heavy atom. The first-order chi connectivity index (χ1) is 9.51. The smallest absolute Gasteiger partial charge is 0.335 e. The van der Waals surface area contributed by atoms with Gasteiger partial charge in [-0.15, -0.1) is 0 Å². The van der Waals surface area contributed by atoms with E-state index in [4.69, 9.17) is 9.84 Å². The second kappa shape index (κ2) is 6.37.